The second-order valence-corrected chi connectivity index (χ2v) is 8.83. The summed E-state index contributed by atoms with van der Waals surface area (Å²) in [4.78, 5) is 17.6. The van der Waals surface area contributed by atoms with E-state index in [-0.39, 0.29) is 12.5 Å². The molecule has 5 nitrogen and oxygen atoms in total. The van der Waals surface area contributed by atoms with Crippen LogP contribution in [0, 0.1) is 5.92 Å². The number of carbonyl (C=O) groups excluding carboxylic acids is 1. The molecule has 2 aliphatic rings. The number of esters is 1. The van der Waals surface area contributed by atoms with Crippen LogP contribution in [0.1, 0.15) is 41.9 Å². The number of benzene rings is 2. The van der Waals surface area contributed by atoms with Gasteiger partial charge in [-0.25, -0.2) is 4.79 Å². The van der Waals surface area contributed by atoms with Crippen molar-refractivity contribution in [3.05, 3.63) is 89.7 Å². The molecule has 0 amide bonds. The van der Waals surface area contributed by atoms with E-state index in [4.69, 9.17) is 4.74 Å². The first kappa shape index (κ1) is 20.9. The average molecular weight is 429 g/mol. The Labute approximate surface area is 188 Å². The summed E-state index contributed by atoms with van der Waals surface area (Å²) in [5, 5.41) is 15.1. The minimum absolute atomic E-state index is 0.0577. The minimum Gasteiger partial charge on any atom is -0.462 e. The van der Waals surface area contributed by atoms with Crippen LogP contribution < -0.4 is 5.32 Å². The molecule has 5 heteroatoms. The van der Waals surface area contributed by atoms with Crippen LogP contribution in [-0.2, 0) is 15.1 Å². The zero-order valence-corrected chi connectivity index (χ0v) is 18.0. The maximum Gasteiger partial charge on any atom is 0.347 e. The normalized spacial score (nSPS) is 19.6. The second kappa shape index (κ2) is 8.85. The molecule has 2 atom stereocenters. The molecule has 0 spiro atoms. The topological polar surface area (TPSA) is 71.5 Å². The van der Waals surface area contributed by atoms with Crippen LogP contribution in [0.2, 0.25) is 0 Å². The molecule has 0 saturated carbocycles. The molecule has 3 aromatic rings. The van der Waals surface area contributed by atoms with Crippen LogP contribution in [-0.4, -0.2) is 35.8 Å². The van der Waals surface area contributed by atoms with Crippen molar-refractivity contribution in [2.45, 2.75) is 30.8 Å². The maximum absolute atomic E-state index is 13.4. The lowest BCUT2D eigenvalue weighted by atomic mass is 9.86. The van der Waals surface area contributed by atoms with E-state index in [1.54, 1.807) is 12.4 Å². The molecule has 1 aromatic heterocycles. The van der Waals surface area contributed by atoms with Crippen LogP contribution in [0.15, 0.2) is 73.1 Å². The van der Waals surface area contributed by atoms with Crippen molar-refractivity contribution in [2.24, 2.45) is 5.92 Å². The SMILES string of the molecule is O=C(OCC(C[C@H]1CCCNC1)c1ccncc1)C1(O)c2ccccc2-c2ccccc21. The number of aliphatic hydroxyl groups is 1. The van der Waals surface area contributed by atoms with E-state index in [0.29, 0.717) is 17.0 Å². The van der Waals surface area contributed by atoms with E-state index in [1.807, 2.05) is 60.7 Å². The zero-order chi connectivity index (χ0) is 22.0. The molecule has 1 fully saturated rings. The van der Waals surface area contributed by atoms with Crippen LogP contribution >= 0.6 is 0 Å². The molecule has 0 bridgehead atoms. The van der Waals surface area contributed by atoms with Gasteiger partial charge in [-0.1, -0.05) is 48.5 Å². The average Bonchev–Trinajstić information content (AvgIpc) is 3.13. The Kier molecular flexibility index (Phi) is 5.77. The van der Waals surface area contributed by atoms with Gasteiger partial charge in [-0.3, -0.25) is 4.98 Å². The van der Waals surface area contributed by atoms with Gasteiger partial charge in [-0.15, -0.1) is 0 Å². The van der Waals surface area contributed by atoms with Crippen LogP contribution in [0.4, 0.5) is 0 Å². The number of nitrogens with zero attached hydrogens (tertiary/aromatic N) is 1. The van der Waals surface area contributed by atoms with Gasteiger partial charge in [-0.05, 0) is 67.1 Å². The number of aromatic nitrogens is 1. The Morgan fingerprint density at radius 3 is 2.34 bits per heavy atom. The third-order valence-electron chi connectivity index (χ3n) is 6.83. The molecule has 1 aliphatic carbocycles. The number of hydrogen-bond acceptors (Lipinski definition) is 5. The summed E-state index contributed by atoms with van der Waals surface area (Å²) >= 11 is 0. The molecular weight excluding hydrogens is 400 g/mol. The van der Waals surface area contributed by atoms with Crippen LogP contribution in [0.25, 0.3) is 11.1 Å². The second-order valence-electron chi connectivity index (χ2n) is 8.83. The van der Waals surface area contributed by atoms with Crippen molar-refractivity contribution in [1.29, 1.82) is 0 Å². The van der Waals surface area contributed by atoms with Gasteiger partial charge in [0, 0.05) is 29.4 Å². The lowest BCUT2D eigenvalue weighted by Crippen LogP contribution is -2.38. The highest BCUT2D eigenvalue weighted by Crippen LogP contribution is 2.48. The van der Waals surface area contributed by atoms with Crippen molar-refractivity contribution in [1.82, 2.24) is 10.3 Å². The number of fused-ring (bicyclic) bond motifs is 3. The fourth-order valence-corrected chi connectivity index (χ4v) is 5.18. The van der Waals surface area contributed by atoms with Gasteiger partial charge in [0.05, 0.1) is 6.61 Å². The quantitative estimate of drug-likeness (QED) is 0.581. The summed E-state index contributed by atoms with van der Waals surface area (Å²) in [5.74, 6) is -0.0188. The molecule has 2 N–H and O–H groups in total. The number of hydrogen-bond donors (Lipinski definition) is 2. The molecule has 0 radical (unpaired) electrons. The fraction of sp³-hybridized carbons (Fsp3) is 0.333. The number of piperidine rings is 1. The standard InChI is InChI=1S/C27H28N2O3/c30-26(27(31)24-9-3-1-7-22(24)23-8-2-4-10-25(23)27)32-18-21(20-11-14-28-15-12-20)16-19-6-5-13-29-17-19/h1-4,7-12,14-15,19,21,29,31H,5-6,13,16-18H2/t19-,21?/m1/s1. The van der Waals surface area contributed by atoms with E-state index < -0.39 is 11.6 Å². The Morgan fingerprint density at radius 2 is 1.72 bits per heavy atom. The van der Waals surface area contributed by atoms with Crippen molar-refractivity contribution in [2.75, 3.05) is 19.7 Å². The zero-order valence-electron chi connectivity index (χ0n) is 18.0. The lowest BCUT2D eigenvalue weighted by molar-refractivity contribution is -0.162. The molecule has 164 valence electrons. The summed E-state index contributed by atoms with van der Waals surface area (Å²) in [6.45, 7) is 2.28. The maximum atomic E-state index is 13.4. The Hall–Kier alpha value is -3.02. The third-order valence-corrected chi connectivity index (χ3v) is 6.83. The fourth-order valence-electron chi connectivity index (χ4n) is 5.18. The van der Waals surface area contributed by atoms with E-state index >= 15 is 0 Å². The number of nitrogens with one attached hydrogen (secondary N) is 1. The first-order valence-electron chi connectivity index (χ1n) is 11.4. The van der Waals surface area contributed by atoms with Crippen molar-refractivity contribution in [3.63, 3.8) is 0 Å². The van der Waals surface area contributed by atoms with Gasteiger partial charge >= 0.3 is 5.97 Å². The highest BCUT2D eigenvalue weighted by Gasteiger charge is 2.49. The van der Waals surface area contributed by atoms with E-state index in [2.05, 4.69) is 10.3 Å². The largest absolute Gasteiger partial charge is 0.462 e. The Bertz CT molecular complexity index is 1050. The first-order valence-corrected chi connectivity index (χ1v) is 11.4. The van der Waals surface area contributed by atoms with Crippen molar-refractivity contribution < 1.29 is 14.6 Å². The van der Waals surface area contributed by atoms with Gasteiger partial charge in [-0.2, -0.15) is 0 Å². The Morgan fingerprint density at radius 1 is 1.06 bits per heavy atom. The Balaban J connectivity index is 1.39. The molecule has 2 aromatic carbocycles. The first-order chi connectivity index (χ1) is 15.7. The third kappa shape index (κ3) is 3.72. The molecule has 2 heterocycles. The van der Waals surface area contributed by atoms with Gasteiger partial charge in [0.1, 0.15) is 0 Å². The number of carbonyl (C=O) groups is 1. The van der Waals surface area contributed by atoms with E-state index in [1.165, 1.54) is 12.8 Å². The van der Waals surface area contributed by atoms with Crippen molar-refractivity contribution in [3.8, 4) is 11.1 Å². The molecule has 1 aliphatic heterocycles. The molecule has 32 heavy (non-hydrogen) atoms. The summed E-state index contributed by atoms with van der Waals surface area (Å²) in [6.07, 6.45) is 6.82. The minimum atomic E-state index is -1.79. The monoisotopic (exact) mass is 428 g/mol. The van der Waals surface area contributed by atoms with E-state index in [0.717, 1.165) is 36.2 Å². The van der Waals surface area contributed by atoms with Crippen LogP contribution in [0.3, 0.4) is 0 Å². The lowest BCUT2D eigenvalue weighted by Gasteiger charge is -2.29. The van der Waals surface area contributed by atoms with Crippen LogP contribution in [0.5, 0.6) is 0 Å². The number of pyridine rings is 1. The number of rotatable bonds is 6. The summed E-state index contributed by atoms with van der Waals surface area (Å²) in [5.41, 5.74) is 2.24. The predicted molar refractivity (Wildman–Crippen MR) is 123 cm³/mol. The summed E-state index contributed by atoms with van der Waals surface area (Å²) in [7, 11) is 0. The van der Waals surface area contributed by atoms with Gasteiger partial charge in [0.15, 0.2) is 0 Å². The number of ether oxygens (including phenoxy) is 1. The highest BCUT2D eigenvalue weighted by molar-refractivity contribution is 5.96. The van der Waals surface area contributed by atoms with Gasteiger partial charge < -0.3 is 15.2 Å². The molecular formula is C27H28N2O3. The van der Waals surface area contributed by atoms with Gasteiger partial charge in [0.2, 0.25) is 5.60 Å². The molecule has 1 saturated heterocycles. The van der Waals surface area contributed by atoms with Gasteiger partial charge in [0.25, 0.3) is 0 Å². The highest BCUT2D eigenvalue weighted by atomic mass is 16.5. The predicted octanol–water partition coefficient (Wildman–Crippen LogP) is 4.01. The van der Waals surface area contributed by atoms with E-state index in [9.17, 15) is 9.90 Å². The summed E-state index contributed by atoms with van der Waals surface area (Å²) in [6, 6.07) is 19.0. The van der Waals surface area contributed by atoms with Crippen molar-refractivity contribution >= 4 is 5.97 Å². The summed E-state index contributed by atoms with van der Waals surface area (Å²) < 4.78 is 5.87. The molecule has 1 unspecified atom stereocenters. The molecule has 5 rings (SSSR count). The smallest absolute Gasteiger partial charge is 0.347 e.